The average Bonchev–Trinajstić information content (AvgIpc) is 3.54. The summed E-state index contributed by atoms with van der Waals surface area (Å²) in [5.74, 6) is 1.29. The van der Waals surface area contributed by atoms with E-state index in [1.165, 1.54) is 11.8 Å². The van der Waals surface area contributed by atoms with Gasteiger partial charge in [-0.15, -0.1) is 0 Å². The molecule has 2 saturated heterocycles. The van der Waals surface area contributed by atoms with E-state index in [1.54, 1.807) is 0 Å². The second kappa shape index (κ2) is 12.0. The van der Waals surface area contributed by atoms with Crippen molar-refractivity contribution in [1.29, 1.82) is 0 Å². The molecule has 4 amide bonds. The van der Waals surface area contributed by atoms with Gasteiger partial charge in [0, 0.05) is 29.4 Å². The summed E-state index contributed by atoms with van der Waals surface area (Å²) in [6, 6.07) is 15.2. The Labute approximate surface area is 250 Å². The normalized spacial score (nSPS) is 26.6. The Kier molecular flexibility index (Phi) is 8.15. The molecular formula is C31H38N6O4S. The molecule has 1 saturated carbocycles. The zero-order valence-electron chi connectivity index (χ0n) is 24.2. The van der Waals surface area contributed by atoms with Crippen LogP contribution >= 0.6 is 11.8 Å². The summed E-state index contributed by atoms with van der Waals surface area (Å²) in [6.07, 6.45) is 3.13. The van der Waals surface area contributed by atoms with E-state index in [0.717, 1.165) is 48.5 Å². The van der Waals surface area contributed by atoms with Crippen LogP contribution < -0.4 is 30.9 Å². The molecule has 3 fully saturated rings. The number of rotatable bonds is 8. The minimum Gasteiger partial charge on any atom is -0.457 e. The van der Waals surface area contributed by atoms with Gasteiger partial charge in [0.25, 0.3) is 5.91 Å². The third-order valence-corrected chi connectivity index (χ3v) is 9.70. The van der Waals surface area contributed by atoms with Crippen molar-refractivity contribution in [3.05, 3.63) is 64.7 Å². The molecule has 222 valence electrons. The number of aryl methyl sites for hydroxylation is 1. The number of thioether (sulfide) groups is 1. The van der Waals surface area contributed by atoms with Crippen molar-refractivity contribution in [1.82, 2.24) is 26.2 Å². The molecule has 11 heteroatoms. The number of urea groups is 1. The van der Waals surface area contributed by atoms with Crippen molar-refractivity contribution in [3.8, 4) is 11.5 Å². The van der Waals surface area contributed by atoms with Crippen LogP contribution in [0.15, 0.2) is 59.1 Å². The molecule has 10 nitrogen and oxygen atoms in total. The molecular weight excluding hydrogens is 552 g/mol. The number of anilines is 1. The molecule has 4 aliphatic rings. The maximum absolute atomic E-state index is 13.6. The standard InChI is InChI=1S/C31H38N6O4S/c1-18-15-22(41-21-7-5-4-6-8-21)11-12-23(18)37-24-13-14-32-30-26(24)27(35-31(37)40)28(42-30)29(39)34-20-10-9-19(16-20)33-25(38)17-36(2)3/h4-8,11-12,15,19-20,24,26,30,32H,9-10,13-14,16-17H2,1-3H3,(H,33,38)(H,34,39)(H,35,40)/t19-,20+,24?,26?,30?/m1/s1. The molecule has 5 atom stereocenters. The number of likely N-dealkylation sites (N-methyl/N-ethyl adjacent to an activating group) is 1. The molecule has 1 aliphatic carbocycles. The Balaban J connectivity index is 1.16. The number of benzene rings is 2. The summed E-state index contributed by atoms with van der Waals surface area (Å²) >= 11 is 1.51. The molecule has 3 unspecified atom stereocenters. The molecule has 2 aromatic rings. The summed E-state index contributed by atoms with van der Waals surface area (Å²) in [7, 11) is 3.73. The smallest absolute Gasteiger partial charge is 0.326 e. The fourth-order valence-electron chi connectivity index (χ4n) is 6.54. The molecule has 0 radical (unpaired) electrons. The Morgan fingerprint density at radius 1 is 1.05 bits per heavy atom. The van der Waals surface area contributed by atoms with Crippen LogP contribution in [0, 0.1) is 12.8 Å². The van der Waals surface area contributed by atoms with Crippen molar-refractivity contribution in [2.45, 2.75) is 56.1 Å². The zero-order valence-corrected chi connectivity index (χ0v) is 25.0. The van der Waals surface area contributed by atoms with Crippen molar-refractivity contribution in [3.63, 3.8) is 0 Å². The number of piperidine rings is 1. The number of carbonyl (C=O) groups is 3. The van der Waals surface area contributed by atoms with Crippen molar-refractivity contribution in [2.75, 3.05) is 32.1 Å². The first-order valence-corrected chi connectivity index (χ1v) is 15.5. The molecule has 6 rings (SSSR count). The average molecular weight is 591 g/mol. The first-order valence-electron chi connectivity index (χ1n) is 14.6. The Morgan fingerprint density at radius 2 is 1.81 bits per heavy atom. The van der Waals surface area contributed by atoms with Crippen LogP contribution in [0.1, 0.15) is 31.2 Å². The van der Waals surface area contributed by atoms with Gasteiger partial charge in [-0.05, 0) is 89.1 Å². The second-order valence-corrected chi connectivity index (χ2v) is 12.9. The lowest BCUT2D eigenvalue weighted by atomic mass is 9.86. The predicted molar refractivity (Wildman–Crippen MR) is 163 cm³/mol. The van der Waals surface area contributed by atoms with E-state index in [1.807, 2.05) is 79.3 Å². The number of amides is 4. The Hall–Kier alpha value is -3.54. The van der Waals surface area contributed by atoms with Gasteiger partial charge in [0.05, 0.1) is 22.9 Å². The van der Waals surface area contributed by atoms with Crippen molar-refractivity contribution >= 4 is 35.3 Å². The van der Waals surface area contributed by atoms with Crippen LogP contribution in [0.2, 0.25) is 0 Å². The van der Waals surface area contributed by atoms with Crippen LogP contribution in [0.5, 0.6) is 11.5 Å². The van der Waals surface area contributed by atoms with Gasteiger partial charge >= 0.3 is 6.03 Å². The number of hydrogen-bond acceptors (Lipinski definition) is 7. The maximum atomic E-state index is 13.6. The first kappa shape index (κ1) is 28.6. The highest BCUT2D eigenvalue weighted by Gasteiger charge is 2.52. The maximum Gasteiger partial charge on any atom is 0.326 e. The highest BCUT2D eigenvalue weighted by Crippen LogP contribution is 2.48. The van der Waals surface area contributed by atoms with E-state index in [9.17, 15) is 14.4 Å². The molecule has 0 aromatic heterocycles. The van der Waals surface area contributed by atoms with E-state index < -0.39 is 0 Å². The van der Waals surface area contributed by atoms with Crippen LogP contribution in [-0.2, 0) is 9.59 Å². The van der Waals surface area contributed by atoms with Crippen molar-refractivity contribution in [2.24, 2.45) is 5.92 Å². The SMILES string of the molecule is Cc1cc(Oc2ccccc2)ccc1N1C(=O)NC2=C(C(=O)N[C@H]3CC[C@@H](NC(=O)CN(C)C)C3)SC3NCCC1C23. The van der Waals surface area contributed by atoms with Crippen LogP contribution in [0.25, 0.3) is 0 Å². The second-order valence-electron chi connectivity index (χ2n) is 11.8. The molecule has 0 bridgehead atoms. The minimum absolute atomic E-state index is 0.00230. The fourth-order valence-corrected chi connectivity index (χ4v) is 7.94. The quantitative estimate of drug-likeness (QED) is 0.373. The van der Waals surface area contributed by atoms with Gasteiger partial charge in [-0.3, -0.25) is 14.5 Å². The molecule has 0 spiro atoms. The molecule has 4 N–H and O–H groups in total. The summed E-state index contributed by atoms with van der Waals surface area (Å²) in [5, 5.41) is 12.9. The largest absolute Gasteiger partial charge is 0.457 e. The third kappa shape index (κ3) is 5.86. The monoisotopic (exact) mass is 590 g/mol. The summed E-state index contributed by atoms with van der Waals surface area (Å²) in [6.45, 7) is 3.10. The first-order chi connectivity index (χ1) is 20.3. The third-order valence-electron chi connectivity index (χ3n) is 8.35. The van der Waals surface area contributed by atoms with Gasteiger partial charge in [0.15, 0.2) is 0 Å². The lowest BCUT2D eigenvalue weighted by molar-refractivity contribution is -0.122. The van der Waals surface area contributed by atoms with Crippen LogP contribution in [0.3, 0.4) is 0 Å². The summed E-state index contributed by atoms with van der Waals surface area (Å²) in [5.41, 5.74) is 2.50. The van der Waals surface area contributed by atoms with E-state index in [-0.39, 0.29) is 47.3 Å². The number of nitrogens with one attached hydrogen (secondary N) is 4. The summed E-state index contributed by atoms with van der Waals surface area (Å²) in [4.78, 5) is 43.6. The van der Waals surface area contributed by atoms with Gasteiger partial charge in [-0.2, -0.15) is 0 Å². The number of hydrogen-bond donors (Lipinski definition) is 4. The lowest BCUT2D eigenvalue weighted by Crippen LogP contribution is -2.62. The highest BCUT2D eigenvalue weighted by atomic mass is 32.2. The van der Waals surface area contributed by atoms with E-state index in [4.69, 9.17) is 4.74 Å². The van der Waals surface area contributed by atoms with Gasteiger partial charge in [-0.1, -0.05) is 30.0 Å². The minimum atomic E-state index is -0.218. The van der Waals surface area contributed by atoms with Crippen molar-refractivity contribution < 1.29 is 19.1 Å². The fraction of sp³-hybridized carbons (Fsp3) is 0.452. The highest BCUT2D eigenvalue weighted by molar-refractivity contribution is 8.04. The predicted octanol–water partition coefficient (Wildman–Crippen LogP) is 3.29. The van der Waals surface area contributed by atoms with E-state index in [2.05, 4.69) is 21.3 Å². The van der Waals surface area contributed by atoms with Gasteiger partial charge in [0.1, 0.15) is 11.5 Å². The Morgan fingerprint density at radius 3 is 2.55 bits per heavy atom. The number of para-hydroxylation sites is 1. The molecule has 2 aromatic carbocycles. The zero-order chi connectivity index (χ0) is 29.4. The summed E-state index contributed by atoms with van der Waals surface area (Å²) < 4.78 is 6.01. The van der Waals surface area contributed by atoms with Gasteiger partial charge < -0.3 is 30.9 Å². The van der Waals surface area contributed by atoms with E-state index in [0.29, 0.717) is 23.6 Å². The Bertz CT molecular complexity index is 1400. The van der Waals surface area contributed by atoms with Gasteiger partial charge in [-0.25, -0.2) is 4.79 Å². The molecule has 42 heavy (non-hydrogen) atoms. The van der Waals surface area contributed by atoms with E-state index >= 15 is 0 Å². The van der Waals surface area contributed by atoms with Crippen LogP contribution in [-0.4, -0.2) is 73.4 Å². The molecule has 3 heterocycles. The topological polar surface area (TPSA) is 115 Å². The lowest BCUT2D eigenvalue weighted by Gasteiger charge is -2.46. The van der Waals surface area contributed by atoms with Gasteiger partial charge in [0.2, 0.25) is 5.91 Å². The number of nitrogens with zero attached hydrogens (tertiary/aromatic N) is 2. The van der Waals surface area contributed by atoms with Crippen LogP contribution in [0.4, 0.5) is 10.5 Å². The molecule has 3 aliphatic heterocycles. The number of carbonyl (C=O) groups excluding carboxylic acids is 3. The number of ether oxygens (including phenoxy) is 1.